The summed E-state index contributed by atoms with van der Waals surface area (Å²) in [6.07, 6.45) is 0. The first-order valence-corrected chi connectivity index (χ1v) is 7.56. The Morgan fingerprint density at radius 2 is 2.00 bits per heavy atom. The van der Waals surface area contributed by atoms with Crippen molar-refractivity contribution in [2.45, 2.75) is 13.5 Å². The fourth-order valence-corrected chi connectivity index (χ4v) is 2.75. The molecule has 0 aliphatic carbocycles. The molecule has 0 atom stereocenters. The highest BCUT2D eigenvalue weighted by Gasteiger charge is 2.00. The highest BCUT2D eigenvalue weighted by atomic mass is 35.5. The number of hydrogen-bond donors (Lipinski definition) is 1. The van der Waals surface area contributed by atoms with Gasteiger partial charge < -0.3 is 10.1 Å². The fraction of sp³-hybridized carbons (Fsp3) is 0.286. The molecule has 2 aromatic rings. The van der Waals surface area contributed by atoms with Crippen molar-refractivity contribution in [2.75, 3.05) is 13.2 Å². The van der Waals surface area contributed by atoms with Crippen molar-refractivity contribution < 1.29 is 4.74 Å². The lowest BCUT2D eigenvalue weighted by Crippen LogP contribution is -2.20. The highest BCUT2D eigenvalue weighted by molar-refractivity contribution is 7.11. The van der Waals surface area contributed by atoms with E-state index in [1.165, 1.54) is 9.75 Å². The molecule has 0 aliphatic rings. The fourth-order valence-electron chi connectivity index (χ4n) is 1.60. The Bertz CT molecular complexity index is 542. The molecule has 102 valence electrons. The Morgan fingerprint density at radius 1 is 1.16 bits per heavy atom. The molecule has 0 amide bonds. The van der Waals surface area contributed by atoms with Crippen LogP contribution in [-0.4, -0.2) is 13.2 Å². The highest BCUT2D eigenvalue weighted by Crippen LogP contribution is 2.26. The molecular weight excluding hydrogens is 301 g/mol. The molecule has 0 aliphatic heterocycles. The maximum absolute atomic E-state index is 5.91. The maximum atomic E-state index is 5.91. The van der Waals surface area contributed by atoms with Gasteiger partial charge >= 0.3 is 0 Å². The van der Waals surface area contributed by atoms with Crippen LogP contribution in [0.2, 0.25) is 10.0 Å². The minimum Gasteiger partial charge on any atom is -0.492 e. The average molecular weight is 316 g/mol. The van der Waals surface area contributed by atoms with Crippen molar-refractivity contribution in [3.05, 3.63) is 50.1 Å². The molecule has 0 saturated carbocycles. The zero-order valence-corrected chi connectivity index (χ0v) is 12.9. The van der Waals surface area contributed by atoms with Crippen LogP contribution in [0, 0.1) is 6.92 Å². The lowest BCUT2D eigenvalue weighted by molar-refractivity contribution is 0.314. The van der Waals surface area contributed by atoms with Crippen LogP contribution in [0.25, 0.3) is 0 Å². The second-order valence-corrected chi connectivity index (χ2v) is 6.30. The van der Waals surface area contributed by atoms with Crippen LogP contribution in [0.3, 0.4) is 0 Å². The second-order valence-electron chi connectivity index (χ2n) is 4.11. The van der Waals surface area contributed by atoms with E-state index in [9.17, 15) is 0 Å². The van der Waals surface area contributed by atoms with Gasteiger partial charge in [0.25, 0.3) is 0 Å². The van der Waals surface area contributed by atoms with Crippen LogP contribution in [0.15, 0.2) is 30.3 Å². The number of ether oxygens (including phenoxy) is 1. The summed E-state index contributed by atoms with van der Waals surface area (Å²) in [5, 5.41) is 4.39. The summed E-state index contributed by atoms with van der Waals surface area (Å²) < 4.78 is 5.58. The summed E-state index contributed by atoms with van der Waals surface area (Å²) in [5.41, 5.74) is 0. The monoisotopic (exact) mass is 315 g/mol. The van der Waals surface area contributed by atoms with Crippen LogP contribution in [0.1, 0.15) is 9.75 Å². The standard InChI is InChI=1S/C14H15Cl2NOS/c1-10-2-4-12(19-10)9-17-6-7-18-11-3-5-13(15)14(16)8-11/h2-5,8,17H,6-7,9H2,1H3. The molecule has 5 heteroatoms. The van der Waals surface area contributed by atoms with Gasteiger partial charge in [-0.3, -0.25) is 0 Å². The van der Waals surface area contributed by atoms with Gasteiger partial charge in [0.1, 0.15) is 12.4 Å². The van der Waals surface area contributed by atoms with Gasteiger partial charge in [-0.15, -0.1) is 11.3 Å². The zero-order valence-electron chi connectivity index (χ0n) is 10.6. The topological polar surface area (TPSA) is 21.3 Å². The molecule has 0 bridgehead atoms. The van der Waals surface area contributed by atoms with Gasteiger partial charge in [-0.2, -0.15) is 0 Å². The van der Waals surface area contributed by atoms with E-state index >= 15 is 0 Å². The Hall–Kier alpha value is -0.740. The Morgan fingerprint density at radius 3 is 2.68 bits per heavy atom. The number of benzene rings is 1. The summed E-state index contributed by atoms with van der Waals surface area (Å²) in [4.78, 5) is 2.68. The summed E-state index contributed by atoms with van der Waals surface area (Å²) in [5.74, 6) is 0.739. The predicted octanol–water partition coefficient (Wildman–Crippen LogP) is 4.53. The summed E-state index contributed by atoms with van der Waals surface area (Å²) >= 11 is 13.6. The van der Waals surface area contributed by atoms with E-state index in [0.29, 0.717) is 16.7 Å². The van der Waals surface area contributed by atoms with Gasteiger partial charge in [-0.05, 0) is 31.2 Å². The number of halogens is 2. The van der Waals surface area contributed by atoms with E-state index in [1.807, 2.05) is 17.4 Å². The van der Waals surface area contributed by atoms with Gasteiger partial charge in [0, 0.05) is 28.9 Å². The first-order chi connectivity index (χ1) is 9.15. The van der Waals surface area contributed by atoms with E-state index in [0.717, 1.165) is 18.8 Å². The van der Waals surface area contributed by atoms with E-state index in [4.69, 9.17) is 27.9 Å². The number of hydrogen-bond acceptors (Lipinski definition) is 3. The van der Waals surface area contributed by atoms with E-state index in [2.05, 4.69) is 24.4 Å². The quantitative estimate of drug-likeness (QED) is 0.791. The average Bonchev–Trinajstić information content (AvgIpc) is 2.79. The molecule has 1 heterocycles. The molecule has 0 spiro atoms. The Kier molecular flexibility index (Phi) is 5.52. The largest absolute Gasteiger partial charge is 0.492 e. The van der Waals surface area contributed by atoms with Crippen molar-refractivity contribution in [3.8, 4) is 5.75 Å². The maximum Gasteiger partial charge on any atom is 0.120 e. The molecule has 1 aromatic heterocycles. The minimum absolute atomic E-state index is 0.515. The molecule has 0 saturated heterocycles. The summed E-state index contributed by atoms with van der Waals surface area (Å²) in [6.45, 7) is 4.38. The number of rotatable bonds is 6. The molecule has 0 fully saturated rings. The second kappa shape index (κ2) is 7.15. The molecular formula is C14H15Cl2NOS. The van der Waals surface area contributed by atoms with Gasteiger partial charge in [0.2, 0.25) is 0 Å². The molecule has 0 radical (unpaired) electrons. The van der Waals surface area contributed by atoms with Crippen molar-refractivity contribution in [1.29, 1.82) is 0 Å². The van der Waals surface area contributed by atoms with Crippen molar-refractivity contribution in [3.63, 3.8) is 0 Å². The third kappa shape index (κ3) is 4.69. The van der Waals surface area contributed by atoms with Gasteiger partial charge in [-0.25, -0.2) is 0 Å². The van der Waals surface area contributed by atoms with Crippen molar-refractivity contribution in [2.24, 2.45) is 0 Å². The van der Waals surface area contributed by atoms with Crippen LogP contribution < -0.4 is 10.1 Å². The van der Waals surface area contributed by atoms with Gasteiger partial charge in [0.05, 0.1) is 10.0 Å². The SMILES string of the molecule is Cc1ccc(CNCCOc2ccc(Cl)c(Cl)c2)s1. The molecule has 2 nitrogen and oxygen atoms in total. The molecule has 1 N–H and O–H groups in total. The van der Waals surface area contributed by atoms with Crippen LogP contribution in [-0.2, 0) is 6.54 Å². The molecule has 19 heavy (non-hydrogen) atoms. The first-order valence-electron chi connectivity index (χ1n) is 5.99. The smallest absolute Gasteiger partial charge is 0.120 e. The minimum atomic E-state index is 0.515. The normalized spacial score (nSPS) is 10.7. The van der Waals surface area contributed by atoms with Crippen LogP contribution >= 0.6 is 34.5 Å². The number of thiophene rings is 1. The summed E-state index contributed by atoms with van der Waals surface area (Å²) in [6, 6.07) is 9.56. The first kappa shape index (κ1) is 14.7. The molecule has 1 aromatic carbocycles. The van der Waals surface area contributed by atoms with Crippen LogP contribution in [0.5, 0.6) is 5.75 Å². The lowest BCUT2D eigenvalue weighted by atomic mass is 10.3. The number of nitrogens with one attached hydrogen (secondary N) is 1. The van der Waals surface area contributed by atoms with Crippen LogP contribution in [0.4, 0.5) is 0 Å². The van der Waals surface area contributed by atoms with Gasteiger partial charge in [0.15, 0.2) is 0 Å². The predicted molar refractivity (Wildman–Crippen MR) is 82.7 cm³/mol. The number of aryl methyl sites for hydroxylation is 1. The van der Waals surface area contributed by atoms with Crippen molar-refractivity contribution >= 4 is 34.5 Å². The third-order valence-electron chi connectivity index (χ3n) is 2.53. The third-order valence-corrected chi connectivity index (χ3v) is 4.27. The van der Waals surface area contributed by atoms with E-state index < -0.39 is 0 Å². The molecule has 2 rings (SSSR count). The molecule has 0 unspecified atom stereocenters. The summed E-state index contributed by atoms with van der Waals surface area (Å²) in [7, 11) is 0. The van der Waals surface area contributed by atoms with E-state index in [1.54, 1.807) is 12.1 Å². The zero-order chi connectivity index (χ0) is 13.7. The van der Waals surface area contributed by atoms with Gasteiger partial charge in [-0.1, -0.05) is 23.2 Å². The van der Waals surface area contributed by atoms with Crippen molar-refractivity contribution in [1.82, 2.24) is 5.32 Å². The van der Waals surface area contributed by atoms with E-state index in [-0.39, 0.29) is 0 Å². The lowest BCUT2D eigenvalue weighted by Gasteiger charge is -2.07. The Labute approximate surface area is 127 Å². The Balaban J connectivity index is 1.67.